The van der Waals surface area contributed by atoms with Gasteiger partial charge in [-0.3, -0.25) is 4.79 Å². The predicted molar refractivity (Wildman–Crippen MR) is 90.2 cm³/mol. The summed E-state index contributed by atoms with van der Waals surface area (Å²) in [5, 5.41) is 3.23. The Morgan fingerprint density at radius 2 is 1.75 bits per heavy atom. The summed E-state index contributed by atoms with van der Waals surface area (Å²) in [5.74, 6) is -3.42. The van der Waals surface area contributed by atoms with Crippen LogP contribution in [0.15, 0.2) is 62.3 Å². The Bertz CT molecular complexity index is 1150. The molecule has 1 aromatic heterocycles. The Kier molecular flexibility index (Phi) is 5.02. The van der Waals surface area contributed by atoms with Crippen LogP contribution in [0.3, 0.4) is 0 Å². The third-order valence-electron chi connectivity index (χ3n) is 3.56. The van der Waals surface area contributed by atoms with Crippen LogP contribution >= 0.6 is 0 Å². The van der Waals surface area contributed by atoms with Crippen LogP contribution in [0.25, 0.3) is 11.4 Å². The second kappa shape index (κ2) is 7.15. The fraction of sp³-hybridized carbons (Fsp3) is 0.118. The molecule has 28 heavy (non-hydrogen) atoms. The van der Waals surface area contributed by atoms with E-state index in [0.29, 0.717) is 0 Å². The first kappa shape index (κ1) is 19.7. The molecule has 1 unspecified atom stereocenters. The number of benzene rings is 2. The summed E-state index contributed by atoms with van der Waals surface area (Å²) in [4.78, 5) is 15.3. The van der Waals surface area contributed by atoms with Crippen molar-refractivity contribution < 1.29 is 31.1 Å². The molecule has 1 amide bonds. The second-order valence-corrected chi connectivity index (χ2v) is 7.86. The lowest BCUT2D eigenvalue weighted by atomic mass is 10.1. The van der Waals surface area contributed by atoms with Gasteiger partial charge in [0.15, 0.2) is 0 Å². The number of hydrogen-bond donors (Lipinski definition) is 0. The molecule has 0 fully saturated rings. The third-order valence-corrected chi connectivity index (χ3v) is 5.22. The molecule has 0 spiro atoms. The van der Waals surface area contributed by atoms with Crippen molar-refractivity contribution in [3.8, 4) is 11.4 Å². The number of carbonyl (C=O) groups is 1. The molecule has 11 heteroatoms. The van der Waals surface area contributed by atoms with Crippen molar-refractivity contribution in [3.05, 3.63) is 65.8 Å². The quantitative estimate of drug-likeness (QED) is 0.601. The maximum absolute atomic E-state index is 13.8. The lowest BCUT2D eigenvalue weighted by Crippen LogP contribution is -2.06. The number of amides is 1. The molecule has 0 aliphatic rings. The average molecular weight is 413 g/mol. The van der Waals surface area contributed by atoms with Gasteiger partial charge in [-0.1, -0.05) is 29.4 Å². The fourth-order valence-electron chi connectivity index (χ4n) is 2.23. The van der Waals surface area contributed by atoms with E-state index in [1.807, 2.05) is 0 Å². The van der Waals surface area contributed by atoms with Gasteiger partial charge >= 0.3 is 12.1 Å². The number of alkyl halides is 3. The van der Waals surface area contributed by atoms with Crippen LogP contribution in [0.1, 0.15) is 16.2 Å². The summed E-state index contributed by atoms with van der Waals surface area (Å²) < 4.78 is 71.7. The normalized spacial score (nSPS) is 13.8. The molecule has 0 saturated heterocycles. The monoisotopic (exact) mass is 413 g/mol. The lowest BCUT2D eigenvalue weighted by Gasteiger charge is -2.05. The third kappa shape index (κ3) is 4.09. The first-order valence-corrected chi connectivity index (χ1v) is 9.52. The largest absolute Gasteiger partial charge is 0.471 e. The van der Waals surface area contributed by atoms with E-state index >= 15 is 0 Å². The van der Waals surface area contributed by atoms with Gasteiger partial charge in [0.2, 0.25) is 5.82 Å². The standard InChI is InChI=1S/C17H11F4N3O3S/c1-28(26,13-5-3-2-4-12(13)18)24-15(25)11-8-6-10(7-9-11)14-22-16(27-23-14)17(19,20)21/h2-9H,1H3. The van der Waals surface area contributed by atoms with Gasteiger partial charge in [0.25, 0.3) is 5.91 Å². The van der Waals surface area contributed by atoms with Crippen molar-refractivity contribution in [2.45, 2.75) is 11.1 Å². The van der Waals surface area contributed by atoms with E-state index in [1.165, 1.54) is 42.5 Å². The Balaban J connectivity index is 1.87. The second-order valence-electron chi connectivity index (χ2n) is 5.63. The highest BCUT2D eigenvalue weighted by Gasteiger charge is 2.38. The molecule has 1 atom stereocenters. The number of nitrogens with zero attached hydrogens (tertiary/aromatic N) is 3. The van der Waals surface area contributed by atoms with E-state index in [-0.39, 0.29) is 21.8 Å². The van der Waals surface area contributed by atoms with Crippen molar-refractivity contribution in [2.24, 2.45) is 4.36 Å². The molecular formula is C17H11F4N3O3S. The van der Waals surface area contributed by atoms with Crippen LogP contribution in [0.4, 0.5) is 17.6 Å². The molecule has 3 rings (SSSR count). The van der Waals surface area contributed by atoms with E-state index in [4.69, 9.17) is 0 Å². The van der Waals surface area contributed by atoms with Gasteiger partial charge in [-0.25, -0.2) is 8.60 Å². The zero-order chi connectivity index (χ0) is 20.5. The molecule has 0 saturated carbocycles. The molecule has 0 aliphatic carbocycles. The van der Waals surface area contributed by atoms with Crippen molar-refractivity contribution >= 4 is 15.6 Å². The highest BCUT2D eigenvalue weighted by Crippen LogP contribution is 2.29. The van der Waals surface area contributed by atoms with Gasteiger partial charge in [-0.15, -0.1) is 0 Å². The maximum atomic E-state index is 13.8. The number of carbonyl (C=O) groups excluding carboxylic acids is 1. The summed E-state index contributed by atoms with van der Waals surface area (Å²) >= 11 is 0. The summed E-state index contributed by atoms with van der Waals surface area (Å²) in [6.07, 6.45) is -3.64. The Hall–Kier alpha value is -3.08. The molecule has 0 aliphatic heterocycles. The van der Waals surface area contributed by atoms with Crippen molar-refractivity contribution in [3.63, 3.8) is 0 Å². The first-order valence-electron chi connectivity index (χ1n) is 7.60. The zero-order valence-electron chi connectivity index (χ0n) is 14.1. The van der Waals surface area contributed by atoms with Crippen LogP contribution in [-0.2, 0) is 15.9 Å². The van der Waals surface area contributed by atoms with Crippen LogP contribution in [-0.4, -0.2) is 26.5 Å². The molecule has 2 aromatic carbocycles. The van der Waals surface area contributed by atoms with Crippen LogP contribution in [0, 0.1) is 5.82 Å². The van der Waals surface area contributed by atoms with Gasteiger partial charge in [-0.2, -0.15) is 22.5 Å². The number of hydrogen-bond acceptors (Lipinski definition) is 5. The van der Waals surface area contributed by atoms with Gasteiger partial charge in [-0.05, 0) is 24.3 Å². The molecule has 6 nitrogen and oxygen atoms in total. The smallest absolute Gasteiger partial charge is 0.329 e. The topological polar surface area (TPSA) is 85.4 Å². The Morgan fingerprint density at radius 1 is 1.11 bits per heavy atom. The van der Waals surface area contributed by atoms with E-state index < -0.39 is 33.5 Å². The van der Waals surface area contributed by atoms with E-state index in [9.17, 15) is 26.6 Å². The Labute approximate surface area is 156 Å². The minimum absolute atomic E-state index is 0.00852. The van der Waals surface area contributed by atoms with Gasteiger partial charge < -0.3 is 4.52 Å². The zero-order valence-corrected chi connectivity index (χ0v) is 14.9. The summed E-state index contributed by atoms with van der Waals surface area (Å²) in [5.41, 5.74) is 0.177. The minimum atomic E-state index is -4.77. The number of aromatic nitrogens is 2. The molecule has 1 heterocycles. The first-order chi connectivity index (χ1) is 13.1. The molecular weight excluding hydrogens is 402 g/mol. The number of halogens is 4. The number of rotatable bonds is 3. The summed E-state index contributed by atoms with van der Waals surface area (Å²) in [6.45, 7) is 0. The van der Waals surface area contributed by atoms with Crippen LogP contribution in [0.2, 0.25) is 0 Å². The Morgan fingerprint density at radius 3 is 2.32 bits per heavy atom. The molecule has 0 N–H and O–H groups in total. The summed E-state index contributed by atoms with van der Waals surface area (Å²) in [7, 11) is -3.33. The van der Waals surface area contributed by atoms with E-state index in [0.717, 1.165) is 12.3 Å². The van der Waals surface area contributed by atoms with Crippen molar-refractivity contribution in [2.75, 3.05) is 6.26 Å². The SMILES string of the molecule is CS(=O)(=NC(=O)c1ccc(-c2noc(C(F)(F)F)n2)cc1)c1ccccc1F. The fourth-order valence-corrected chi connectivity index (χ4v) is 3.51. The van der Waals surface area contributed by atoms with Gasteiger partial charge in [0, 0.05) is 17.4 Å². The highest BCUT2D eigenvalue weighted by molar-refractivity contribution is 7.93. The van der Waals surface area contributed by atoms with Gasteiger partial charge in [0.1, 0.15) is 5.82 Å². The van der Waals surface area contributed by atoms with Crippen molar-refractivity contribution in [1.82, 2.24) is 10.1 Å². The van der Waals surface area contributed by atoms with Crippen molar-refractivity contribution in [1.29, 1.82) is 0 Å². The highest BCUT2D eigenvalue weighted by atomic mass is 32.2. The molecule has 3 aromatic rings. The van der Waals surface area contributed by atoms with Gasteiger partial charge in [0.05, 0.1) is 14.6 Å². The molecule has 146 valence electrons. The van der Waals surface area contributed by atoms with Crippen LogP contribution < -0.4 is 0 Å². The van der Waals surface area contributed by atoms with Crippen LogP contribution in [0.5, 0.6) is 0 Å². The maximum Gasteiger partial charge on any atom is 0.471 e. The molecule has 0 bridgehead atoms. The molecule has 0 radical (unpaired) electrons. The lowest BCUT2D eigenvalue weighted by molar-refractivity contribution is -0.159. The predicted octanol–water partition coefficient (Wildman–Crippen LogP) is 4.19. The average Bonchev–Trinajstić information content (AvgIpc) is 3.12. The van der Waals surface area contributed by atoms with E-state index in [1.54, 1.807) is 0 Å². The minimum Gasteiger partial charge on any atom is -0.329 e. The van der Waals surface area contributed by atoms with E-state index in [2.05, 4.69) is 19.0 Å². The summed E-state index contributed by atoms with van der Waals surface area (Å²) in [6, 6.07) is 10.3.